The third-order valence-corrected chi connectivity index (χ3v) is 4.70. The molecule has 1 saturated heterocycles. The Morgan fingerprint density at radius 1 is 1.56 bits per heavy atom. The van der Waals surface area contributed by atoms with E-state index in [-0.39, 0.29) is 5.54 Å². The van der Waals surface area contributed by atoms with Gasteiger partial charge in [0.1, 0.15) is 5.01 Å². The minimum absolute atomic E-state index is 0.0865. The third-order valence-electron chi connectivity index (χ3n) is 3.54. The molecule has 2 heterocycles. The molecule has 0 aliphatic carbocycles. The van der Waals surface area contributed by atoms with Gasteiger partial charge in [-0.25, -0.2) is 4.98 Å². The van der Waals surface area contributed by atoms with Crippen molar-refractivity contribution in [1.82, 2.24) is 15.2 Å². The van der Waals surface area contributed by atoms with Crippen LogP contribution in [0.1, 0.15) is 31.0 Å². The van der Waals surface area contributed by atoms with Gasteiger partial charge in [-0.05, 0) is 34.2 Å². The normalized spacial score (nSPS) is 26.8. The molecular formula is C12H21N3S. The molecule has 1 fully saturated rings. The number of aryl methyl sites for hydroxylation is 1. The van der Waals surface area contributed by atoms with Crippen molar-refractivity contribution in [2.45, 2.75) is 38.8 Å². The molecular weight excluding hydrogens is 218 g/mol. The Labute approximate surface area is 102 Å². The van der Waals surface area contributed by atoms with Gasteiger partial charge in [0.15, 0.2) is 0 Å². The maximum atomic E-state index is 4.66. The summed E-state index contributed by atoms with van der Waals surface area (Å²) in [5, 5.41) is 6.89. The second-order valence-electron chi connectivity index (χ2n) is 4.94. The number of hydrogen-bond acceptors (Lipinski definition) is 4. The lowest BCUT2D eigenvalue weighted by Crippen LogP contribution is -2.43. The average Bonchev–Trinajstić information content (AvgIpc) is 2.84. The van der Waals surface area contributed by atoms with Crippen LogP contribution in [0.25, 0.3) is 0 Å². The fourth-order valence-electron chi connectivity index (χ4n) is 2.34. The van der Waals surface area contributed by atoms with Gasteiger partial charge in [-0.2, -0.15) is 0 Å². The molecule has 1 unspecified atom stereocenters. The smallest absolute Gasteiger partial charge is 0.114 e. The van der Waals surface area contributed by atoms with E-state index in [1.54, 1.807) is 11.3 Å². The van der Waals surface area contributed by atoms with E-state index in [0.717, 1.165) is 25.2 Å². The van der Waals surface area contributed by atoms with E-state index in [9.17, 15) is 0 Å². The summed E-state index contributed by atoms with van der Waals surface area (Å²) >= 11 is 1.78. The van der Waals surface area contributed by atoms with Gasteiger partial charge in [-0.1, -0.05) is 0 Å². The molecule has 2 rings (SSSR count). The van der Waals surface area contributed by atoms with Crippen LogP contribution in [0, 0.1) is 6.92 Å². The topological polar surface area (TPSA) is 28.2 Å². The molecule has 1 N–H and O–H groups in total. The van der Waals surface area contributed by atoms with Crippen molar-refractivity contribution in [3.63, 3.8) is 0 Å². The maximum absolute atomic E-state index is 4.66. The Balaban J connectivity index is 2.22. The molecule has 4 heteroatoms. The summed E-state index contributed by atoms with van der Waals surface area (Å²) in [6, 6.07) is 0.622. The molecule has 3 nitrogen and oxygen atoms in total. The summed E-state index contributed by atoms with van der Waals surface area (Å²) in [4.78, 5) is 7.18. The molecule has 16 heavy (non-hydrogen) atoms. The highest BCUT2D eigenvalue weighted by Crippen LogP contribution is 2.34. The molecule has 0 radical (unpaired) electrons. The van der Waals surface area contributed by atoms with E-state index >= 15 is 0 Å². The van der Waals surface area contributed by atoms with Crippen molar-refractivity contribution in [1.29, 1.82) is 0 Å². The fraction of sp³-hybridized carbons (Fsp3) is 0.750. The van der Waals surface area contributed by atoms with E-state index < -0.39 is 0 Å². The van der Waals surface area contributed by atoms with Gasteiger partial charge in [-0.15, -0.1) is 11.3 Å². The van der Waals surface area contributed by atoms with Crippen molar-refractivity contribution in [3.8, 4) is 0 Å². The Morgan fingerprint density at radius 3 is 2.75 bits per heavy atom. The van der Waals surface area contributed by atoms with E-state index in [1.807, 2.05) is 0 Å². The average molecular weight is 239 g/mol. The second-order valence-corrected chi connectivity index (χ2v) is 5.80. The quantitative estimate of drug-likeness (QED) is 0.874. The number of aromatic nitrogens is 1. The Bertz CT molecular complexity index is 361. The summed E-state index contributed by atoms with van der Waals surface area (Å²) in [7, 11) is 2.06. The number of hydrogen-bond donors (Lipinski definition) is 1. The molecule has 1 aromatic heterocycles. The van der Waals surface area contributed by atoms with E-state index in [2.05, 4.69) is 48.4 Å². The first-order valence-corrected chi connectivity index (χ1v) is 6.81. The summed E-state index contributed by atoms with van der Waals surface area (Å²) in [5.74, 6) is 0. The molecule has 1 atom stereocenters. The van der Waals surface area contributed by atoms with Crippen molar-refractivity contribution in [2.75, 3.05) is 20.1 Å². The van der Waals surface area contributed by atoms with E-state index in [1.165, 1.54) is 5.01 Å². The van der Waals surface area contributed by atoms with Crippen molar-refractivity contribution < 1.29 is 0 Å². The van der Waals surface area contributed by atoms with Crippen LogP contribution >= 0.6 is 11.3 Å². The first kappa shape index (κ1) is 12.0. The van der Waals surface area contributed by atoms with Crippen LogP contribution in [0.15, 0.2) is 5.38 Å². The minimum Gasteiger partial charge on any atom is -0.307 e. The molecule has 0 spiro atoms. The monoisotopic (exact) mass is 239 g/mol. The van der Waals surface area contributed by atoms with Crippen LogP contribution in [0.4, 0.5) is 0 Å². The number of rotatable bonds is 3. The molecule has 0 saturated carbocycles. The SMILES string of the molecule is CNC1(c2nc(C)cs2)CCN(C(C)C)C1. The molecule has 0 bridgehead atoms. The predicted octanol–water partition coefficient (Wildman–Crippen LogP) is 1.98. The molecule has 1 aliphatic rings. The van der Waals surface area contributed by atoms with Gasteiger partial charge < -0.3 is 5.32 Å². The van der Waals surface area contributed by atoms with Crippen molar-refractivity contribution >= 4 is 11.3 Å². The van der Waals surface area contributed by atoms with Crippen LogP contribution in [-0.4, -0.2) is 36.1 Å². The zero-order chi connectivity index (χ0) is 11.8. The number of likely N-dealkylation sites (N-methyl/N-ethyl adjacent to an activating group) is 1. The highest BCUT2D eigenvalue weighted by atomic mass is 32.1. The predicted molar refractivity (Wildman–Crippen MR) is 68.9 cm³/mol. The summed E-state index contributed by atoms with van der Waals surface area (Å²) in [5.41, 5.74) is 1.22. The van der Waals surface area contributed by atoms with Gasteiger partial charge in [0.2, 0.25) is 0 Å². The standard InChI is InChI=1S/C12H21N3S/c1-9(2)15-6-5-12(8-15,13-4)11-14-10(3)7-16-11/h7,9,13H,5-6,8H2,1-4H3. The van der Waals surface area contributed by atoms with Gasteiger partial charge in [0, 0.05) is 30.2 Å². The lowest BCUT2D eigenvalue weighted by Gasteiger charge is -2.28. The van der Waals surface area contributed by atoms with Crippen LogP contribution in [0.3, 0.4) is 0 Å². The fourth-order valence-corrected chi connectivity index (χ4v) is 3.37. The summed E-state index contributed by atoms with van der Waals surface area (Å²) in [6.45, 7) is 8.83. The van der Waals surface area contributed by atoms with Gasteiger partial charge in [-0.3, -0.25) is 4.90 Å². The zero-order valence-corrected chi connectivity index (χ0v) is 11.4. The van der Waals surface area contributed by atoms with Crippen LogP contribution in [0.5, 0.6) is 0 Å². The first-order chi connectivity index (χ1) is 7.57. The minimum atomic E-state index is 0.0865. The number of nitrogens with zero attached hydrogens (tertiary/aromatic N) is 2. The summed E-state index contributed by atoms with van der Waals surface area (Å²) < 4.78 is 0. The first-order valence-electron chi connectivity index (χ1n) is 5.93. The van der Waals surface area contributed by atoms with Gasteiger partial charge in [0.25, 0.3) is 0 Å². The third kappa shape index (κ3) is 2.01. The summed E-state index contributed by atoms with van der Waals surface area (Å²) in [6.07, 6.45) is 1.16. The number of nitrogens with one attached hydrogen (secondary N) is 1. The number of thiazole rings is 1. The lowest BCUT2D eigenvalue weighted by atomic mass is 10.00. The highest BCUT2D eigenvalue weighted by Gasteiger charge is 2.41. The molecule has 0 aromatic carbocycles. The van der Waals surface area contributed by atoms with Crippen LogP contribution in [-0.2, 0) is 5.54 Å². The van der Waals surface area contributed by atoms with Gasteiger partial charge >= 0.3 is 0 Å². The van der Waals surface area contributed by atoms with Crippen LogP contribution in [0.2, 0.25) is 0 Å². The largest absolute Gasteiger partial charge is 0.307 e. The van der Waals surface area contributed by atoms with Crippen molar-refractivity contribution in [3.05, 3.63) is 16.1 Å². The zero-order valence-electron chi connectivity index (χ0n) is 10.6. The molecule has 1 aliphatic heterocycles. The van der Waals surface area contributed by atoms with E-state index in [4.69, 9.17) is 0 Å². The molecule has 1 aromatic rings. The highest BCUT2D eigenvalue weighted by molar-refractivity contribution is 7.09. The van der Waals surface area contributed by atoms with Gasteiger partial charge in [0.05, 0.1) is 5.54 Å². The maximum Gasteiger partial charge on any atom is 0.114 e. The van der Waals surface area contributed by atoms with E-state index in [0.29, 0.717) is 6.04 Å². The molecule has 0 amide bonds. The Kier molecular flexibility index (Phi) is 3.33. The second kappa shape index (κ2) is 4.43. The molecule has 90 valence electrons. The Hall–Kier alpha value is -0.450. The van der Waals surface area contributed by atoms with Crippen LogP contribution < -0.4 is 5.32 Å². The Morgan fingerprint density at radius 2 is 2.31 bits per heavy atom. The van der Waals surface area contributed by atoms with Crippen molar-refractivity contribution in [2.24, 2.45) is 0 Å². The number of likely N-dealkylation sites (tertiary alicyclic amines) is 1. The lowest BCUT2D eigenvalue weighted by molar-refractivity contribution is 0.245.